The van der Waals surface area contributed by atoms with E-state index in [2.05, 4.69) is 10.3 Å². The van der Waals surface area contributed by atoms with Crippen molar-refractivity contribution in [3.63, 3.8) is 0 Å². The fourth-order valence-corrected chi connectivity index (χ4v) is 1.47. The number of nitrogens with one attached hydrogen (secondary N) is 1. The molecule has 0 aliphatic heterocycles. The van der Waals surface area contributed by atoms with E-state index in [4.69, 9.17) is 5.11 Å². The SMILES string of the molecule is Cc1ccc(CC(=O)NCCC(C)(C)C(=O)O)cn1. The van der Waals surface area contributed by atoms with Crippen molar-refractivity contribution >= 4 is 11.9 Å². The van der Waals surface area contributed by atoms with E-state index in [1.165, 1.54) is 0 Å². The minimum Gasteiger partial charge on any atom is -0.481 e. The maximum Gasteiger partial charge on any atom is 0.309 e. The van der Waals surface area contributed by atoms with E-state index in [0.717, 1.165) is 11.3 Å². The van der Waals surface area contributed by atoms with Gasteiger partial charge in [-0.05, 0) is 38.8 Å². The van der Waals surface area contributed by atoms with E-state index in [1.807, 2.05) is 19.1 Å². The molecule has 0 bridgehead atoms. The molecule has 5 heteroatoms. The molecule has 104 valence electrons. The number of amides is 1. The van der Waals surface area contributed by atoms with E-state index >= 15 is 0 Å². The van der Waals surface area contributed by atoms with E-state index in [-0.39, 0.29) is 12.3 Å². The quantitative estimate of drug-likeness (QED) is 0.817. The molecule has 0 unspecified atom stereocenters. The molecule has 0 saturated heterocycles. The van der Waals surface area contributed by atoms with Gasteiger partial charge in [-0.1, -0.05) is 6.07 Å². The summed E-state index contributed by atoms with van der Waals surface area (Å²) in [4.78, 5) is 26.7. The molecule has 0 fully saturated rings. The molecule has 2 N–H and O–H groups in total. The number of aromatic nitrogens is 1. The summed E-state index contributed by atoms with van der Waals surface area (Å²) in [7, 11) is 0. The van der Waals surface area contributed by atoms with Gasteiger partial charge in [0.15, 0.2) is 0 Å². The van der Waals surface area contributed by atoms with Crippen LogP contribution in [-0.4, -0.2) is 28.5 Å². The number of hydrogen-bond donors (Lipinski definition) is 2. The van der Waals surface area contributed by atoms with Crippen LogP contribution in [0.2, 0.25) is 0 Å². The Morgan fingerprint density at radius 1 is 1.37 bits per heavy atom. The Labute approximate surface area is 113 Å². The van der Waals surface area contributed by atoms with Gasteiger partial charge in [0.2, 0.25) is 5.91 Å². The van der Waals surface area contributed by atoms with Gasteiger partial charge in [0.05, 0.1) is 11.8 Å². The predicted octanol–water partition coefficient (Wildman–Crippen LogP) is 1.55. The van der Waals surface area contributed by atoms with Crippen molar-refractivity contribution < 1.29 is 14.7 Å². The van der Waals surface area contributed by atoms with Crippen molar-refractivity contribution in [1.29, 1.82) is 0 Å². The Balaban J connectivity index is 2.36. The van der Waals surface area contributed by atoms with Crippen LogP contribution >= 0.6 is 0 Å². The zero-order valence-corrected chi connectivity index (χ0v) is 11.6. The standard InChI is InChI=1S/C14H20N2O3/c1-10-4-5-11(9-16-10)8-12(17)15-7-6-14(2,3)13(18)19/h4-5,9H,6-8H2,1-3H3,(H,15,17)(H,18,19). The van der Waals surface area contributed by atoms with Gasteiger partial charge in [-0.15, -0.1) is 0 Å². The van der Waals surface area contributed by atoms with Gasteiger partial charge in [0, 0.05) is 18.4 Å². The summed E-state index contributed by atoms with van der Waals surface area (Å²) in [6.45, 7) is 5.53. The highest BCUT2D eigenvalue weighted by atomic mass is 16.4. The summed E-state index contributed by atoms with van der Waals surface area (Å²) in [5.41, 5.74) is 0.937. The second-order valence-corrected chi connectivity index (χ2v) is 5.27. The largest absolute Gasteiger partial charge is 0.481 e. The molecule has 5 nitrogen and oxygen atoms in total. The number of nitrogens with zero attached hydrogens (tertiary/aromatic N) is 1. The van der Waals surface area contributed by atoms with Gasteiger partial charge in [-0.25, -0.2) is 0 Å². The number of aliphatic carboxylic acids is 1. The minimum absolute atomic E-state index is 0.119. The molecule has 19 heavy (non-hydrogen) atoms. The average Bonchev–Trinajstić information content (AvgIpc) is 2.31. The molecule has 1 heterocycles. The summed E-state index contributed by atoms with van der Waals surface area (Å²) < 4.78 is 0. The summed E-state index contributed by atoms with van der Waals surface area (Å²) >= 11 is 0. The maximum atomic E-state index is 11.7. The van der Waals surface area contributed by atoms with E-state index in [1.54, 1.807) is 20.0 Å². The van der Waals surface area contributed by atoms with Crippen molar-refractivity contribution in [2.24, 2.45) is 5.41 Å². The number of carboxylic acid groups (broad SMARTS) is 1. The van der Waals surface area contributed by atoms with Crippen LogP contribution in [0.5, 0.6) is 0 Å². The van der Waals surface area contributed by atoms with Crippen LogP contribution < -0.4 is 5.32 Å². The molecule has 0 aromatic carbocycles. The third-order valence-corrected chi connectivity index (χ3v) is 2.99. The van der Waals surface area contributed by atoms with E-state index in [9.17, 15) is 9.59 Å². The first-order chi connectivity index (χ1) is 8.81. The van der Waals surface area contributed by atoms with Crippen molar-refractivity contribution in [3.05, 3.63) is 29.6 Å². The molecule has 0 spiro atoms. The van der Waals surface area contributed by atoms with Crippen molar-refractivity contribution in [2.75, 3.05) is 6.54 Å². The molecule has 1 amide bonds. The van der Waals surface area contributed by atoms with Crippen LogP contribution in [0, 0.1) is 12.3 Å². The van der Waals surface area contributed by atoms with Gasteiger partial charge < -0.3 is 10.4 Å². The lowest BCUT2D eigenvalue weighted by Gasteiger charge is -2.18. The van der Waals surface area contributed by atoms with Gasteiger partial charge >= 0.3 is 5.97 Å². The molecular formula is C14H20N2O3. The monoisotopic (exact) mass is 264 g/mol. The summed E-state index contributed by atoms with van der Waals surface area (Å²) in [6, 6.07) is 3.72. The van der Waals surface area contributed by atoms with E-state index < -0.39 is 11.4 Å². The fraction of sp³-hybridized carbons (Fsp3) is 0.500. The smallest absolute Gasteiger partial charge is 0.309 e. The van der Waals surface area contributed by atoms with E-state index in [0.29, 0.717) is 13.0 Å². The molecule has 0 radical (unpaired) electrons. The van der Waals surface area contributed by atoms with Crippen LogP contribution in [0.1, 0.15) is 31.5 Å². The number of pyridine rings is 1. The third-order valence-electron chi connectivity index (χ3n) is 2.99. The molecule has 0 aliphatic rings. The first kappa shape index (κ1) is 15.1. The van der Waals surface area contributed by atoms with Gasteiger partial charge in [0.1, 0.15) is 0 Å². The van der Waals surface area contributed by atoms with Crippen LogP contribution in [-0.2, 0) is 16.0 Å². The highest BCUT2D eigenvalue weighted by molar-refractivity contribution is 5.78. The highest BCUT2D eigenvalue weighted by Gasteiger charge is 2.26. The van der Waals surface area contributed by atoms with Crippen LogP contribution in [0.4, 0.5) is 0 Å². The second-order valence-electron chi connectivity index (χ2n) is 5.27. The highest BCUT2D eigenvalue weighted by Crippen LogP contribution is 2.19. The zero-order valence-electron chi connectivity index (χ0n) is 11.6. The Morgan fingerprint density at radius 2 is 2.05 bits per heavy atom. The molecular weight excluding hydrogens is 244 g/mol. The Morgan fingerprint density at radius 3 is 2.58 bits per heavy atom. The number of carbonyl (C=O) groups excluding carboxylic acids is 1. The maximum absolute atomic E-state index is 11.7. The lowest BCUT2D eigenvalue weighted by atomic mass is 9.90. The molecule has 1 rings (SSSR count). The van der Waals surface area contributed by atoms with Crippen molar-refractivity contribution in [2.45, 2.75) is 33.6 Å². The molecule has 0 aliphatic carbocycles. The minimum atomic E-state index is -0.857. The number of carbonyl (C=O) groups is 2. The molecule has 1 aromatic rings. The molecule has 0 saturated carbocycles. The first-order valence-electron chi connectivity index (χ1n) is 6.23. The summed E-state index contributed by atoms with van der Waals surface area (Å²) in [6.07, 6.45) is 2.34. The number of hydrogen-bond acceptors (Lipinski definition) is 3. The lowest BCUT2D eigenvalue weighted by Crippen LogP contribution is -2.32. The van der Waals surface area contributed by atoms with Gasteiger partial charge in [0.25, 0.3) is 0 Å². The van der Waals surface area contributed by atoms with Gasteiger partial charge in [-0.3, -0.25) is 14.6 Å². The fourth-order valence-electron chi connectivity index (χ4n) is 1.47. The van der Waals surface area contributed by atoms with Crippen molar-refractivity contribution in [1.82, 2.24) is 10.3 Å². The number of rotatable bonds is 6. The summed E-state index contributed by atoms with van der Waals surface area (Å²) in [5, 5.41) is 11.7. The first-order valence-corrected chi connectivity index (χ1v) is 6.23. The topological polar surface area (TPSA) is 79.3 Å². The van der Waals surface area contributed by atoms with Crippen LogP contribution in [0.15, 0.2) is 18.3 Å². The number of carboxylic acids is 1. The third kappa shape index (κ3) is 5.07. The Hall–Kier alpha value is -1.91. The predicted molar refractivity (Wildman–Crippen MR) is 71.7 cm³/mol. The lowest BCUT2D eigenvalue weighted by molar-refractivity contribution is -0.147. The molecule has 1 aromatic heterocycles. The van der Waals surface area contributed by atoms with Crippen LogP contribution in [0.3, 0.4) is 0 Å². The average molecular weight is 264 g/mol. The summed E-state index contributed by atoms with van der Waals surface area (Å²) in [5.74, 6) is -0.976. The number of aryl methyl sites for hydroxylation is 1. The zero-order chi connectivity index (χ0) is 14.5. The Bertz CT molecular complexity index is 452. The van der Waals surface area contributed by atoms with Gasteiger partial charge in [-0.2, -0.15) is 0 Å². The molecule has 0 atom stereocenters. The van der Waals surface area contributed by atoms with Crippen LogP contribution in [0.25, 0.3) is 0 Å². The van der Waals surface area contributed by atoms with Crippen molar-refractivity contribution in [3.8, 4) is 0 Å². The second kappa shape index (κ2) is 6.31. The normalized spacial score (nSPS) is 11.1. The Kier molecular flexibility index (Phi) is 5.03.